The first-order valence-corrected chi connectivity index (χ1v) is 13.0. The molecule has 0 bridgehead atoms. The summed E-state index contributed by atoms with van der Waals surface area (Å²) in [7, 11) is 1.46. The van der Waals surface area contributed by atoms with Gasteiger partial charge in [0.2, 0.25) is 0 Å². The Kier molecular flexibility index (Phi) is 7.81. The SMILES string of the molecule is COc1cc([C@@H]2C(C(=O)OCC(C)C)=C(C)NC3=C2C(=O)C[C@@H](c2ccc(Cl)cc2)C3)cc(Br)c1O. The first-order valence-electron chi connectivity index (χ1n) is 11.8. The third-order valence-corrected chi connectivity index (χ3v) is 7.40. The highest BCUT2D eigenvalue weighted by Crippen LogP contribution is 2.48. The fraction of sp³-hybridized carbons (Fsp3) is 0.357. The Bertz CT molecular complexity index is 1270. The number of allylic oxidation sites excluding steroid dienone is 3. The third kappa shape index (κ3) is 5.18. The van der Waals surface area contributed by atoms with E-state index in [9.17, 15) is 14.7 Å². The topological polar surface area (TPSA) is 84.9 Å². The molecule has 1 aliphatic carbocycles. The number of carbonyl (C=O) groups is 2. The molecule has 2 atom stereocenters. The number of dihydropyridines is 1. The molecule has 2 aliphatic rings. The molecule has 36 heavy (non-hydrogen) atoms. The summed E-state index contributed by atoms with van der Waals surface area (Å²) in [6, 6.07) is 11.0. The average molecular weight is 575 g/mol. The van der Waals surface area contributed by atoms with Gasteiger partial charge in [-0.3, -0.25) is 4.79 Å². The smallest absolute Gasteiger partial charge is 0.336 e. The van der Waals surface area contributed by atoms with Gasteiger partial charge in [-0.15, -0.1) is 0 Å². The van der Waals surface area contributed by atoms with E-state index in [1.807, 2.05) is 45.0 Å². The molecule has 1 heterocycles. The highest BCUT2D eigenvalue weighted by Gasteiger charge is 2.42. The maximum absolute atomic E-state index is 13.7. The Balaban J connectivity index is 1.82. The number of esters is 1. The second kappa shape index (κ2) is 10.7. The number of Topliss-reactive ketones (excluding diaryl/α,β-unsaturated/α-hetero) is 1. The van der Waals surface area contributed by atoms with Gasteiger partial charge in [0.25, 0.3) is 0 Å². The Hall–Kier alpha value is -2.77. The number of carbonyl (C=O) groups excluding carboxylic acids is 2. The van der Waals surface area contributed by atoms with Crippen LogP contribution in [0.3, 0.4) is 0 Å². The van der Waals surface area contributed by atoms with Gasteiger partial charge in [0, 0.05) is 34.3 Å². The van der Waals surface area contributed by atoms with Gasteiger partial charge in [-0.1, -0.05) is 37.6 Å². The van der Waals surface area contributed by atoms with Crippen molar-refractivity contribution in [2.24, 2.45) is 5.92 Å². The molecular formula is C28H29BrClNO5. The quantitative estimate of drug-likeness (QED) is 0.390. The number of hydrogen-bond donors (Lipinski definition) is 2. The molecule has 0 saturated heterocycles. The van der Waals surface area contributed by atoms with Crippen molar-refractivity contribution in [2.45, 2.75) is 45.4 Å². The van der Waals surface area contributed by atoms with Crippen molar-refractivity contribution in [3.8, 4) is 11.5 Å². The number of hydrogen-bond acceptors (Lipinski definition) is 6. The van der Waals surface area contributed by atoms with Gasteiger partial charge < -0.3 is 19.9 Å². The summed E-state index contributed by atoms with van der Waals surface area (Å²) >= 11 is 9.45. The highest BCUT2D eigenvalue weighted by molar-refractivity contribution is 9.10. The van der Waals surface area contributed by atoms with E-state index < -0.39 is 11.9 Å². The summed E-state index contributed by atoms with van der Waals surface area (Å²) < 4.78 is 11.4. The van der Waals surface area contributed by atoms with Crippen LogP contribution in [0.2, 0.25) is 5.02 Å². The zero-order valence-electron chi connectivity index (χ0n) is 20.7. The molecule has 0 saturated carbocycles. The van der Waals surface area contributed by atoms with Crippen molar-refractivity contribution in [1.29, 1.82) is 0 Å². The zero-order chi connectivity index (χ0) is 26.1. The number of ketones is 1. The molecule has 0 radical (unpaired) electrons. The van der Waals surface area contributed by atoms with Gasteiger partial charge in [-0.25, -0.2) is 4.79 Å². The molecule has 0 unspecified atom stereocenters. The van der Waals surface area contributed by atoms with Crippen LogP contribution in [0.15, 0.2) is 63.4 Å². The van der Waals surface area contributed by atoms with E-state index >= 15 is 0 Å². The van der Waals surface area contributed by atoms with E-state index in [1.54, 1.807) is 12.1 Å². The molecule has 0 spiro atoms. The summed E-state index contributed by atoms with van der Waals surface area (Å²) in [5.74, 6) is -0.823. The molecule has 0 fully saturated rings. The van der Waals surface area contributed by atoms with Crippen molar-refractivity contribution >= 4 is 39.3 Å². The zero-order valence-corrected chi connectivity index (χ0v) is 23.0. The highest BCUT2D eigenvalue weighted by atomic mass is 79.9. The minimum Gasteiger partial charge on any atom is -0.503 e. The summed E-state index contributed by atoms with van der Waals surface area (Å²) in [6.45, 7) is 6.03. The van der Waals surface area contributed by atoms with Crippen LogP contribution < -0.4 is 10.1 Å². The van der Waals surface area contributed by atoms with Gasteiger partial charge >= 0.3 is 5.97 Å². The number of rotatable bonds is 6. The summed E-state index contributed by atoms with van der Waals surface area (Å²) in [6.07, 6.45) is 0.920. The normalized spacial score (nSPS) is 19.8. The molecule has 0 amide bonds. The largest absolute Gasteiger partial charge is 0.503 e. The van der Waals surface area contributed by atoms with Crippen LogP contribution in [-0.4, -0.2) is 30.6 Å². The molecule has 190 valence electrons. The average Bonchev–Trinajstić information content (AvgIpc) is 2.83. The van der Waals surface area contributed by atoms with Crippen LogP contribution in [0.1, 0.15) is 56.6 Å². The molecule has 2 aromatic rings. The van der Waals surface area contributed by atoms with Crippen molar-refractivity contribution in [1.82, 2.24) is 5.32 Å². The fourth-order valence-corrected chi connectivity index (χ4v) is 5.44. The van der Waals surface area contributed by atoms with Gasteiger partial charge in [-0.2, -0.15) is 0 Å². The van der Waals surface area contributed by atoms with E-state index in [-0.39, 0.29) is 35.7 Å². The standard InChI is InChI=1S/C28H29BrClNO5/c1-14(2)13-36-28(34)24-15(3)31-21-10-17(16-5-7-19(30)8-6-16)11-22(32)26(21)25(24)18-9-20(29)27(33)23(12-18)35-4/h5-9,12,14,17,25,31,33H,10-11,13H2,1-4H3/t17-,25+/m0/s1. The molecule has 1 aliphatic heterocycles. The van der Waals surface area contributed by atoms with Gasteiger partial charge in [0.15, 0.2) is 17.3 Å². The van der Waals surface area contributed by atoms with Gasteiger partial charge in [0.05, 0.1) is 23.8 Å². The number of phenols is 1. The van der Waals surface area contributed by atoms with Crippen LogP contribution in [0.4, 0.5) is 0 Å². The van der Waals surface area contributed by atoms with Crippen molar-refractivity contribution in [3.63, 3.8) is 0 Å². The third-order valence-electron chi connectivity index (χ3n) is 6.54. The van der Waals surface area contributed by atoms with Gasteiger partial charge in [-0.05, 0) is 76.5 Å². The Morgan fingerprint density at radius 3 is 2.53 bits per heavy atom. The first-order chi connectivity index (χ1) is 17.1. The van der Waals surface area contributed by atoms with Crippen molar-refractivity contribution in [2.75, 3.05) is 13.7 Å². The van der Waals surface area contributed by atoms with Crippen LogP contribution in [0.5, 0.6) is 11.5 Å². The lowest BCUT2D eigenvalue weighted by Crippen LogP contribution is -2.36. The lowest BCUT2D eigenvalue weighted by molar-refractivity contribution is -0.140. The molecule has 6 nitrogen and oxygen atoms in total. The minimum absolute atomic E-state index is 0.00926. The molecule has 2 N–H and O–H groups in total. The number of phenolic OH excluding ortho intramolecular Hbond substituents is 1. The van der Waals surface area contributed by atoms with E-state index in [0.29, 0.717) is 44.7 Å². The fourth-order valence-electron chi connectivity index (χ4n) is 4.85. The molecule has 8 heteroatoms. The van der Waals surface area contributed by atoms with E-state index in [1.165, 1.54) is 7.11 Å². The number of halogens is 2. The second-order valence-electron chi connectivity index (χ2n) is 9.61. The number of benzene rings is 2. The van der Waals surface area contributed by atoms with Crippen LogP contribution in [0, 0.1) is 5.92 Å². The first kappa shape index (κ1) is 26.3. The Labute approximate surface area is 224 Å². The predicted octanol–water partition coefficient (Wildman–Crippen LogP) is 6.38. The molecule has 0 aromatic heterocycles. The lowest BCUT2D eigenvalue weighted by Gasteiger charge is -2.37. The van der Waals surface area contributed by atoms with Crippen LogP contribution in [0.25, 0.3) is 0 Å². The number of nitrogens with one attached hydrogen (secondary N) is 1. The van der Waals surface area contributed by atoms with Crippen LogP contribution in [-0.2, 0) is 14.3 Å². The number of aromatic hydroxyl groups is 1. The summed E-state index contributed by atoms with van der Waals surface area (Å²) in [5.41, 5.74) is 4.04. The monoisotopic (exact) mass is 573 g/mol. The van der Waals surface area contributed by atoms with Gasteiger partial charge in [0.1, 0.15) is 0 Å². The molecule has 4 rings (SSSR count). The summed E-state index contributed by atoms with van der Waals surface area (Å²) in [4.78, 5) is 27.1. The Morgan fingerprint density at radius 2 is 1.89 bits per heavy atom. The van der Waals surface area contributed by atoms with E-state index in [0.717, 1.165) is 11.3 Å². The van der Waals surface area contributed by atoms with Crippen molar-refractivity contribution in [3.05, 3.63) is 79.6 Å². The number of methoxy groups -OCH3 is 1. The Morgan fingerprint density at radius 1 is 1.19 bits per heavy atom. The van der Waals surface area contributed by atoms with E-state index in [4.69, 9.17) is 21.1 Å². The summed E-state index contributed by atoms with van der Waals surface area (Å²) in [5, 5.41) is 14.4. The molecular weight excluding hydrogens is 546 g/mol. The second-order valence-corrected chi connectivity index (χ2v) is 10.9. The minimum atomic E-state index is -0.662. The maximum atomic E-state index is 13.7. The van der Waals surface area contributed by atoms with Crippen LogP contribution >= 0.6 is 27.5 Å². The van der Waals surface area contributed by atoms with E-state index in [2.05, 4.69) is 21.2 Å². The lowest BCUT2D eigenvalue weighted by atomic mass is 9.71. The maximum Gasteiger partial charge on any atom is 0.336 e. The molecule has 2 aromatic carbocycles. The van der Waals surface area contributed by atoms with Crippen molar-refractivity contribution < 1.29 is 24.2 Å². The predicted molar refractivity (Wildman–Crippen MR) is 142 cm³/mol. The number of ether oxygens (including phenoxy) is 2.